The number of H-pyrrole nitrogens is 2. The number of aromatic nitrogens is 4. The molecule has 6 N–H and O–H groups in total. The summed E-state index contributed by atoms with van der Waals surface area (Å²) < 4.78 is 10.7. The highest BCUT2D eigenvalue weighted by molar-refractivity contribution is 5.32. The van der Waals surface area contributed by atoms with Crippen molar-refractivity contribution in [3.63, 3.8) is 0 Å². The highest BCUT2D eigenvalue weighted by atomic mass is 16.5. The summed E-state index contributed by atoms with van der Waals surface area (Å²) in [5.74, 6) is 1.55. The summed E-state index contributed by atoms with van der Waals surface area (Å²) >= 11 is 0. The Morgan fingerprint density at radius 2 is 1.16 bits per heavy atom. The third-order valence-electron chi connectivity index (χ3n) is 3.79. The Kier molecular flexibility index (Phi) is 6.64. The van der Waals surface area contributed by atoms with Crippen molar-refractivity contribution in [3.8, 4) is 23.0 Å². The number of para-hydroxylation sites is 1. The lowest BCUT2D eigenvalue weighted by Crippen LogP contribution is -2.12. The fourth-order valence-electron chi connectivity index (χ4n) is 2.29. The molecule has 0 saturated heterocycles. The van der Waals surface area contributed by atoms with Gasteiger partial charge in [0.05, 0.1) is 12.4 Å². The average molecular weight is 420 g/mol. The molecule has 10 nitrogen and oxygen atoms in total. The van der Waals surface area contributed by atoms with E-state index in [2.05, 4.69) is 19.9 Å². The second-order valence-corrected chi connectivity index (χ2v) is 6.25. The molecule has 158 valence electrons. The van der Waals surface area contributed by atoms with Gasteiger partial charge >= 0.3 is 0 Å². The number of rotatable bonds is 4. The zero-order chi connectivity index (χ0) is 22.2. The van der Waals surface area contributed by atoms with Crippen molar-refractivity contribution in [2.24, 2.45) is 0 Å². The zero-order valence-corrected chi connectivity index (χ0v) is 16.5. The number of benzene rings is 2. The van der Waals surface area contributed by atoms with Crippen LogP contribution in [0.25, 0.3) is 0 Å². The topological polar surface area (TPSA) is 162 Å². The second-order valence-electron chi connectivity index (χ2n) is 6.25. The van der Waals surface area contributed by atoms with E-state index in [0.717, 1.165) is 5.56 Å². The molecule has 0 aliphatic rings. The first-order valence-electron chi connectivity index (χ1n) is 9.08. The summed E-state index contributed by atoms with van der Waals surface area (Å²) in [7, 11) is 0. The van der Waals surface area contributed by atoms with Gasteiger partial charge in [0.15, 0.2) is 11.9 Å². The molecule has 0 radical (unpaired) electrons. The van der Waals surface area contributed by atoms with Crippen molar-refractivity contribution in [1.82, 2.24) is 19.9 Å². The first-order valence-corrected chi connectivity index (χ1v) is 9.08. The molecule has 2 aromatic carbocycles. The van der Waals surface area contributed by atoms with E-state index in [1.165, 1.54) is 12.4 Å². The highest BCUT2D eigenvalue weighted by Crippen LogP contribution is 2.18. The maximum atomic E-state index is 11.4. The number of nitrogens with one attached hydrogen (secondary N) is 2. The van der Waals surface area contributed by atoms with Crippen molar-refractivity contribution >= 4 is 11.9 Å². The number of aryl methyl sites for hydroxylation is 1. The van der Waals surface area contributed by atoms with E-state index in [4.69, 9.17) is 20.9 Å². The minimum atomic E-state index is -0.397. The number of aromatic amines is 2. The largest absolute Gasteiger partial charge is 0.450 e. The van der Waals surface area contributed by atoms with Gasteiger partial charge in [-0.1, -0.05) is 35.9 Å². The van der Waals surface area contributed by atoms with Gasteiger partial charge in [0.2, 0.25) is 11.5 Å². The molecule has 31 heavy (non-hydrogen) atoms. The molecule has 10 heteroatoms. The van der Waals surface area contributed by atoms with Crippen LogP contribution >= 0.6 is 0 Å². The van der Waals surface area contributed by atoms with Crippen LogP contribution in [0.5, 0.6) is 23.0 Å². The molecule has 0 aliphatic carbocycles. The lowest BCUT2D eigenvalue weighted by Gasteiger charge is -2.04. The maximum Gasteiger partial charge on any atom is 0.295 e. The van der Waals surface area contributed by atoms with Crippen LogP contribution < -0.4 is 32.1 Å². The van der Waals surface area contributed by atoms with Crippen molar-refractivity contribution < 1.29 is 9.47 Å². The van der Waals surface area contributed by atoms with Gasteiger partial charge in [0, 0.05) is 0 Å². The van der Waals surface area contributed by atoms with Crippen molar-refractivity contribution in [2.45, 2.75) is 6.92 Å². The van der Waals surface area contributed by atoms with Crippen LogP contribution in [-0.2, 0) is 0 Å². The van der Waals surface area contributed by atoms with E-state index in [1.54, 1.807) is 24.3 Å². The standard InChI is InChI=1S/C11H11N3O2.C10H9N3O2/c1-7-2-4-8(5-3-7)16-9-6-13-11(12)14-10(9)15;11-10-12-6-8(9(14)13-10)15-7-4-2-1-3-5-7/h2-6H,1H3,(H3,12,13,14,15);1-6H,(H3,11,12,13,14). The van der Waals surface area contributed by atoms with Crippen LogP contribution in [0.15, 0.2) is 76.6 Å². The smallest absolute Gasteiger partial charge is 0.295 e. The van der Waals surface area contributed by atoms with Gasteiger partial charge in [-0.05, 0) is 31.2 Å². The molecule has 0 fully saturated rings. The Morgan fingerprint density at radius 1 is 0.710 bits per heavy atom. The molecule has 2 aromatic heterocycles. The molecule has 0 bridgehead atoms. The fraction of sp³-hybridized carbons (Fsp3) is 0.0476. The molecular weight excluding hydrogens is 400 g/mol. The van der Waals surface area contributed by atoms with E-state index in [1.807, 2.05) is 37.3 Å². The molecule has 0 unspecified atom stereocenters. The fourth-order valence-corrected chi connectivity index (χ4v) is 2.29. The zero-order valence-electron chi connectivity index (χ0n) is 16.5. The van der Waals surface area contributed by atoms with Crippen LogP contribution in [0.2, 0.25) is 0 Å². The average Bonchev–Trinajstić information content (AvgIpc) is 2.75. The quantitative estimate of drug-likeness (QED) is 0.391. The Labute approximate surface area is 176 Å². The van der Waals surface area contributed by atoms with Crippen LogP contribution in [0.4, 0.5) is 11.9 Å². The highest BCUT2D eigenvalue weighted by Gasteiger charge is 2.04. The lowest BCUT2D eigenvalue weighted by molar-refractivity contribution is 0.472. The van der Waals surface area contributed by atoms with Gasteiger partial charge in [-0.25, -0.2) is 9.97 Å². The monoisotopic (exact) mass is 420 g/mol. The van der Waals surface area contributed by atoms with Crippen molar-refractivity contribution in [1.29, 1.82) is 0 Å². The molecule has 0 spiro atoms. The molecule has 0 amide bonds. The molecule has 0 saturated carbocycles. The van der Waals surface area contributed by atoms with Gasteiger partial charge in [-0.15, -0.1) is 0 Å². The van der Waals surface area contributed by atoms with Gasteiger partial charge in [-0.2, -0.15) is 0 Å². The number of nitrogen functional groups attached to an aromatic ring is 2. The normalized spacial score (nSPS) is 9.97. The number of ether oxygens (including phenoxy) is 2. The number of nitrogens with zero attached hydrogens (tertiary/aromatic N) is 2. The van der Waals surface area contributed by atoms with E-state index < -0.39 is 11.1 Å². The van der Waals surface area contributed by atoms with E-state index in [-0.39, 0.29) is 23.4 Å². The van der Waals surface area contributed by atoms with E-state index in [9.17, 15) is 9.59 Å². The summed E-state index contributed by atoms with van der Waals surface area (Å²) in [4.78, 5) is 34.9. The van der Waals surface area contributed by atoms with Crippen LogP contribution in [0.1, 0.15) is 5.56 Å². The van der Waals surface area contributed by atoms with Gasteiger partial charge in [0.25, 0.3) is 11.1 Å². The summed E-state index contributed by atoms with van der Waals surface area (Å²) in [6, 6.07) is 16.3. The Balaban J connectivity index is 0.000000176. The minimum absolute atomic E-state index is 0.0698. The first kappa shape index (κ1) is 21.1. The van der Waals surface area contributed by atoms with Crippen molar-refractivity contribution in [2.75, 3.05) is 11.5 Å². The number of hydrogen-bond donors (Lipinski definition) is 4. The van der Waals surface area contributed by atoms with Crippen LogP contribution in [0, 0.1) is 6.92 Å². The molecule has 4 aromatic rings. The van der Waals surface area contributed by atoms with Gasteiger partial charge in [-0.3, -0.25) is 19.6 Å². The summed E-state index contributed by atoms with van der Waals surface area (Å²) in [6.07, 6.45) is 2.59. The summed E-state index contributed by atoms with van der Waals surface area (Å²) in [5.41, 5.74) is 10.9. The summed E-state index contributed by atoms with van der Waals surface area (Å²) in [6.45, 7) is 1.97. The Hall–Kier alpha value is -4.60. The number of hydrogen-bond acceptors (Lipinski definition) is 8. The van der Waals surface area contributed by atoms with Crippen LogP contribution in [0.3, 0.4) is 0 Å². The van der Waals surface area contributed by atoms with Crippen molar-refractivity contribution in [3.05, 3.63) is 93.3 Å². The third kappa shape index (κ3) is 6.19. The minimum Gasteiger partial charge on any atom is -0.450 e. The predicted octanol–water partition coefficient (Wildman–Crippen LogP) is 2.60. The predicted molar refractivity (Wildman–Crippen MR) is 116 cm³/mol. The number of nitrogens with two attached hydrogens (primary N) is 2. The number of anilines is 2. The maximum absolute atomic E-state index is 11.4. The molecule has 4 rings (SSSR count). The Bertz CT molecular complexity index is 1250. The second kappa shape index (κ2) is 9.74. The lowest BCUT2D eigenvalue weighted by atomic mass is 10.2. The van der Waals surface area contributed by atoms with Gasteiger partial charge < -0.3 is 20.9 Å². The van der Waals surface area contributed by atoms with Crippen LogP contribution in [-0.4, -0.2) is 19.9 Å². The molecule has 0 atom stereocenters. The first-order chi connectivity index (χ1) is 14.9. The molecule has 0 aliphatic heterocycles. The summed E-state index contributed by atoms with van der Waals surface area (Å²) in [5, 5.41) is 0. The third-order valence-corrected chi connectivity index (χ3v) is 3.79. The Morgan fingerprint density at radius 3 is 1.61 bits per heavy atom. The molecule has 2 heterocycles. The van der Waals surface area contributed by atoms with E-state index in [0.29, 0.717) is 11.5 Å². The van der Waals surface area contributed by atoms with Gasteiger partial charge in [0.1, 0.15) is 11.5 Å². The molecular formula is C21H20N6O4. The van der Waals surface area contributed by atoms with E-state index >= 15 is 0 Å². The SMILES string of the molecule is Cc1ccc(Oc2cnc(N)[nH]c2=O)cc1.Nc1ncc(Oc2ccccc2)c(=O)[nH]1.